The van der Waals surface area contributed by atoms with E-state index in [9.17, 15) is 13.2 Å². The lowest BCUT2D eigenvalue weighted by molar-refractivity contribution is -0.128. The highest BCUT2D eigenvalue weighted by molar-refractivity contribution is 7.91. The lowest BCUT2D eigenvalue weighted by Gasteiger charge is -2.20. The van der Waals surface area contributed by atoms with Crippen LogP contribution in [0.4, 0.5) is 0 Å². The number of nitrogens with zero attached hydrogens (tertiary/aromatic N) is 1. The van der Waals surface area contributed by atoms with Crippen LogP contribution in [0.3, 0.4) is 0 Å². The molecule has 0 aliphatic heterocycles. The van der Waals surface area contributed by atoms with Crippen molar-refractivity contribution in [3.05, 3.63) is 0 Å². The summed E-state index contributed by atoms with van der Waals surface area (Å²) in [5.41, 5.74) is 0. The van der Waals surface area contributed by atoms with E-state index < -0.39 is 15.6 Å². The van der Waals surface area contributed by atoms with Gasteiger partial charge in [-0.1, -0.05) is 6.92 Å². The Hall–Kier alpha value is -0.290. The third-order valence-corrected chi connectivity index (χ3v) is 2.53. The molecule has 0 bridgehead atoms. The first-order valence-electron chi connectivity index (χ1n) is 4.42. The van der Waals surface area contributed by atoms with E-state index in [4.69, 9.17) is 11.6 Å². The molecular formula is C8H16ClNO3S. The topological polar surface area (TPSA) is 54.5 Å². The number of alkyl halides is 1. The second-order valence-electron chi connectivity index (χ2n) is 3.14. The summed E-state index contributed by atoms with van der Waals surface area (Å²) in [5, 5.41) is 0. The molecule has 0 spiro atoms. The van der Waals surface area contributed by atoms with Gasteiger partial charge in [0.05, 0.1) is 0 Å². The normalized spacial score (nSPS) is 11.4. The maximum Gasteiger partial charge on any atom is 0.237 e. The number of sulfone groups is 1. The predicted octanol–water partition coefficient (Wildman–Crippen LogP) is 0.508. The standard InChI is InChI=1S/C8H16ClNO3S/c1-3-5-10(6-4-9)8(11)7-14(2,12)13/h3-7H2,1-2H3. The summed E-state index contributed by atoms with van der Waals surface area (Å²) in [4.78, 5) is 12.9. The molecule has 6 heteroatoms. The van der Waals surface area contributed by atoms with Crippen LogP contribution in [-0.4, -0.2) is 50.2 Å². The second kappa shape index (κ2) is 6.24. The monoisotopic (exact) mass is 241 g/mol. The first-order valence-corrected chi connectivity index (χ1v) is 7.01. The molecule has 0 heterocycles. The van der Waals surface area contributed by atoms with Crippen molar-refractivity contribution in [1.82, 2.24) is 4.90 Å². The molecule has 1 amide bonds. The van der Waals surface area contributed by atoms with Gasteiger partial charge in [0.25, 0.3) is 0 Å². The molecule has 0 aromatic rings. The van der Waals surface area contributed by atoms with Crippen LogP contribution in [0, 0.1) is 0 Å². The van der Waals surface area contributed by atoms with Crippen molar-refractivity contribution in [3.8, 4) is 0 Å². The van der Waals surface area contributed by atoms with Gasteiger partial charge in [0.2, 0.25) is 5.91 Å². The van der Waals surface area contributed by atoms with Gasteiger partial charge < -0.3 is 4.90 Å². The van der Waals surface area contributed by atoms with Crippen molar-refractivity contribution in [2.75, 3.05) is 31.0 Å². The highest BCUT2D eigenvalue weighted by Crippen LogP contribution is 1.97. The molecule has 0 rings (SSSR count). The molecule has 0 radical (unpaired) electrons. The van der Waals surface area contributed by atoms with E-state index in [1.165, 1.54) is 4.90 Å². The first-order chi connectivity index (χ1) is 6.40. The third-order valence-electron chi connectivity index (χ3n) is 1.59. The van der Waals surface area contributed by atoms with Crippen molar-refractivity contribution in [2.24, 2.45) is 0 Å². The minimum Gasteiger partial charge on any atom is -0.341 e. The molecule has 84 valence electrons. The molecule has 0 aliphatic carbocycles. The van der Waals surface area contributed by atoms with Gasteiger partial charge in [-0.2, -0.15) is 0 Å². The van der Waals surface area contributed by atoms with Gasteiger partial charge in [0.1, 0.15) is 5.75 Å². The van der Waals surface area contributed by atoms with E-state index in [1.54, 1.807) is 0 Å². The summed E-state index contributed by atoms with van der Waals surface area (Å²) in [6.07, 6.45) is 1.85. The van der Waals surface area contributed by atoms with Crippen LogP contribution >= 0.6 is 11.6 Å². The SMILES string of the molecule is CCCN(CCCl)C(=O)CS(C)(=O)=O. The molecule has 0 aromatic heterocycles. The van der Waals surface area contributed by atoms with E-state index in [0.717, 1.165) is 12.7 Å². The van der Waals surface area contributed by atoms with Gasteiger partial charge in [-0.25, -0.2) is 8.42 Å². The maximum absolute atomic E-state index is 11.4. The Kier molecular flexibility index (Phi) is 6.11. The number of halogens is 1. The fraction of sp³-hybridized carbons (Fsp3) is 0.875. The Morgan fingerprint density at radius 3 is 2.29 bits per heavy atom. The number of rotatable bonds is 6. The molecule has 0 atom stereocenters. The fourth-order valence-corrected chi connectivity index (χ4v) is 1.88. The van der Waals surface area contributed by atoms with Crippen molar-refractivity contribution < 1.29 is 13.2 Å². The minimum atomic E-state index is -3.24. The maximum atomic E-state index is 11.4. The third kappa shape index (κ3) is 6.21. The van der Waals surface area contributed by atoms with Crippen LogP contribution < -0.4 is 0 Å². The zero-order valence-corrected chi connectivity index (χ0v) is 10.1. The van der Waals surface area contributed by atoms with Crippen molar-refractivity contribution >= 4 is 27.3 Å². The lowest BCUT2D eigenvalue weighted by Crippen LogP contribution is -2.37. The summed E-state index contributed by atoms with van der Waals surface area (Å²) in [5.74, 6) is -0.464. The Bertz CT molecular complexity index is 270. The molecule has 0 aromatic carbocycles. The highest BCUT2D eigenvalue weighted by atomic mass is 35.5. The van der Waals surface area contributed by atoms with Gasteiger partial charge in [-0.05, 0) is 6.42 Å². The molecule has 0 saturated carbocycles. The summed E-state index contributed by atoms with van der Waals surface area (Å²) < 4.78 is 21.7. The lowest BCUT2D eigenvalue weighted by atomic mass is 10.4. The van der Waals surface area contributed by atoms with Crippen molar-refractivity contribution in [1.29, 1.82) is 0 Å². The number of hydrogen-bond donors (Lipinski definition) is 0. The van der Waals surface area contributed by atoms with Crippen LogP contribution in [0.2, 0.25) is 0 Å². The average Bonchev–Trinajstić information content (AvgIpc) is 2.01. The van der Waals surface area contributed by atoms with E-state index in [2.05, 4.69) is 0 Å². The molecule has 0 saturated heterocycles. The smallest absolute Gasteiger partial charge is 0.237 e. The van der Waals surface area contributed by atoms with Crippen LogP contribution in [0.25, 0.3) is 0 Å². The average molecular weight is 242 g/mol. The quantitative estimate of drug-likeness (QED) is 0.637. The Morgan fingerprint density at radius 1 is 1.36 bits per heavy atom. The van der Waals surface area contributed by atoms with E-state index in [-0.39, 0.29) is 5.91 Å². The first kappa shape index (κ1) is 13.7. The van der Waals surface area contributed by atoms with Crippen LogP contribution in [0.1, 0.15) is 13.3 Å². The zero-order valence-electron chi connectivity index (χ0n) is 8.49. The molecule has 0 fully saturated rings. The van der Waals surface area contributed by atoms with E-state index in [0.29, 0.717) is 19.0 Å². The van der Waals surface area contributed by atoms with Gasteiger partial charge in [-0.15, -0.1) is 11.6 Å². The molecular weight excluding hydrogens is 226 g/mol. The molecule has 0 aliphatic rings. The van der Waals surface area contributed by atoms with Gasteiger partial charge in [0.15, 0.2) is 9.84 Å². The Morgan fingerprint density at radius 2 is 1.93 bits per heavy atom. The van der Waals surface area contributed by atoms with Crippen molar-refractivity contribution in [2.45, 2.75) is 13.3 Å². The van der Waals surface area contributed by atoms with Crippen molar-refractivity contribution in [3.63, 3.8) is 0 Å². The van der Waals surface area contributed by atoms with Crippen LogP contribution in [0.5, 0.6) is 0 Å². The number of hydrogen-bond acceptors (Lipinski definition) is 3. The number of carbonyl (C=O) groups excluding carboxylic acids is 1. The molecule has 14 heavy (non-hydrogen) atoms. The Labute approximate surface area is 90.1 Å². The van der Waals surface area contributed by atoms with E-state index >= 15 is 0 Å². The summed E-state index contributed by atoms with van der Waals surface area (Å²) in [6, 6.07) is 0. The Balaban J connectivity index is 4.29. The van der Waals surface area contributed by atoms with Crippen LogP contribution in [0.15, 0.2) is 0 Å². The minimum absolute atomic E-state index is 0.329. The van der Waals surface area contributed by atoms with Gasteiger partial charge in [0, 0.05) is 25.2 Å². The van der Waals surface area contributed by atoms with Crippen LogP contribution in [-0.2, 0) is 14.6 Å². The predicted molar refractivity (Wildman–Crippen MR) is 57.3 cm³/mol. The van der Waals surface area contributed by atoms with E-state index in [1.807, 2.05) is 6.92 Å². The van der Waals surface area contributed by atoms with Gasteiger partial charge in [-0.3, -0.25) is 4.79 Å². The fourth-order valence-electron chi connectivity index (χ4n) is 1.05. The zero-order chi connectivity index (χ0) is 11.2. The number of amides is 1. The summed E-state index contributed by atoms with van der Waals surface area (Å²) in [6.45, 7) is 2.89. The molecule has 0 unspecified atom stereocenters. The second-order valence-corrected chi connectivity index (χ2v) is 5.66. The van der Waals surface area contributed by atoms with Gasteiger partial charge >= 0.3 is 0 Å². The summed E-state index contributed by atoms with van der Waals surface area (Å²) in [7, 11) is -3.24. The largest absolute Gasteiger partial charge is 0.341 e. The highest BCUT2D eigenvalue weighted by Gasteiger charge is 2.17. The summed E-state index contributed by atoms with van der Waals surface area (Å²) >= 11 is 5.50. The number of carbonyl (C=O) groups is 1. The molecule has 4 nitrogen and oxygen atoms in total. The molecule has 0 N–H and O–H groups in total.